The van der Waals surface area contributed by atoms with E-state index in [1.54, 1.807) is 0 Å². The van der Waals surface area contributed by atoms with Gasteiger partial charge < -0.3 is 21.1 Å². The van der Waals surface area contributed by atoms with E-state index < -0.39 is 0 Å². The summed E-state index contributed by atoms with van der Waals surface area (Å²) in [6, 6.07) is 7.60. The molecule has 0 spiro atoms. The number of nitrogens with one attached hydrogen (secondary N) is 1. The van der Waals surface area contributed by atoms with Crippen molar-refractivity contribution in [3.63, 3.8) is 0 Å². The zero-order chi connectivity index (χ0) is 15.2. The number of hydrogen-bond donors (Lipinski definition) is 3. The van der Waals surface area contributed by atoms with Gasteiger partial charge in [0.1, 0.15) is 0 Å². The fraction of sp³-hybridized carbons (Fsp3) is 0.562. The quantitative estimate of drug-likeness (QED) is 0.735. The van der Waals surface area contributed by atoms with Crippen LogP contribution in [-0.2, 0) is 11.3 Å². The first-order chi connectivity index (χ1) is 10.1. The molecule has 1 fully saturated rings. The molecule has 1 heterocycles. The average Bonchev–Trinajstić information content (AvgIpc) is 2.95. The van der Waals surface area contributed by atoms with Crippen molar-refractivity contribution in [1.29, 1.82) is 0 Å². The van der Waals surface area contributed by atoms with Crippen LogP contribution in [0.2, 0.25) is 0 Å². The second kappa shape index (κ2) is 7.54. The molecule has 1 saturated heterocycles. The van der Waals surface area contributed by atoms with Crippen LogP contribution in [0.1, 0.15) is 25.3 Å². The van der Waals surface area contributed by atoms with E-state index in [4.69, 9.17) is 5.73 Å². The predicted octanol–water partition coefficient (Wildman–Crippen LogP) is 1.18. The molecule has 1 aromatic rings. The Kier molecular flexibility index (Phi) is 5.73. The predicted molar refractivity (Wildman–Crippen MR) is 83.8 cm³/mol. The lowest BCUT2D eigenvalue weighted by atomic mass is 10.0. The van der Waals surface area contributed by atoms with Crippen LogP contribution in [0.25, 0.3) is 0 Å². The molecule has 0 aromatic heterocycles. The summed E-state index contributed by atoms with van der Waals surface area (Å²) >= 11 is 0. The number of aliphatic hydroxyl groups excluding tert-OH is 1. The van der Waals surface area contributed by atoms with Crippen LogP contribution in [0, 0.1) is 5.92 Å². The van der Waals surface area contributed by atoms with E-state index in [1.165, 1.54) is 0 Å². The Labute approximate surface area is 126 Å². The van der Waals surface area contributed by atoms with Gasteiger partial charge in [0.25, 0.3) is 0 Å². The number of benzene rings is 1. The molecular formula is C16H25N3O2. The van der Waals surface area contributed by atoms with Gasteiger partial charge in [-0.3, -0.25) is 4.79 Å². The number of rotatable bonds is 6. The Morgan fingerprint density at radius 3 is 2.95 bits per heavy atom. The molecule has 1 amide bonds. The maximum absolute atomic E-state index is 12.0. The Hall–Kier alpha value is -1.43. The molecule has 0 bridgehead atoms. The van der Waals surface area contributed by atoms with Crippen molar-refractivity contribution >= 4 is 11.6 Å². The van der Waals surface area contributed by atoms with Crippen LogP contribution in [0.5, 0.6) is 0 Å². The molecule has 4 N–H and O–H groups in total. The summed E-state index contributed by atoms with van der Waals surface area (Å²) in [5.41, 5.74) is 7.41. The van der Waals surface area contributed by atoms with Crippen molar-refractivity contribution in [2.75, 3.05) is 25.0 Å². The number of carbonyl (C=O) groups excluding carboxylic acids is 1. The highest BCUT2D eigenvalue weighted by Gasteiger charge is 2.25. The van der Waals surface area contributed by atoms with Gasteiger partial charge in [0.2, 0.25) is 5.91 Å². The molecule has 5 heteroatoms. The molecule has 0 radical (unpaired) electrons. The number of nitrogens with two attached hydrogens (primary N) is 1. The Morgan fingerprint density at radius 1 is 1.52 bits per heavy atom. The van der Waals surface area contributed by atoms with Gasteiger partial charge in [-0.2, -0.15) is 0 Å². The van der Waals surface area contributed by atoms with Gasteiger partial charge in [-0.25, -0.2) is 0 Å². The van der Waals surface area contributed by atoms with Crippen molar-refractivity contribution in [3.05, 3.63) is 29.8 Å². The molecule has 116 valence electrons. The summed E-state index contributed by atoms with van der Waals surface area (Å²) in [6.07, 6.45) is 1.21. The molecule has 1 aliphatic heterocycles. The first kappa shape index (κ1) is 15.9. The SMILES string of the molecule is CC(O)C1CCN(CCC(=O)Nc2ccccc2CN)C1. The first-order valence-corrected chi connectivity index (χ1v) is 7.58. The van der Waals surface area contributed by atoms with E-state index in [-0.39, 0.29) is 12.0 Å². The summed E-state index contributed by atoms with van der Waals surface area (Å²) in [5.74, 6) is 0.349. The smallest absolute Gasteiger partial charge is 0.225 e. The third-order valence-electron chi connectivity index (χ3n) is 4.16. The summed E-state index contributed by atoms with van der Waals surface area (Å²) in [5, 5.41) is 12.5. The van der Waals surface area contributed by atoms with Crippen molar-refractivity contribution in [3.8, 4) is 0 Å². The van der Waals surface area contributed by atoms with Crippen LogP contribution in [0.15, 0.2) is 24.3 Å². The number of aliphatic hydroxyl groups is 1. The van der Waals surface area contributed by atoms with Gasteiger partial charge in [-0.05, 0) is 37.4 Å². The third kappa shape index (κ3) is 4.52. The van der Waals surface area contributed by atoms with Gasteiger partial charge in [-0.15, -0.1) is 0 Å². The van der Waals surface area contributed by atoms with Crippen LogP contribution in [-0.4, -0.2) is 41.7 Å². The highest BCUT2D eigenvalue weighted by Crippen LogP contribution is 2.20. The zero-order valence-electron chi connectivity index (χ0n) is 12.6. The topological polar surface area (TPSA) is 78.6 Å². The fourth-order valence-corrected chi connectivity index (χ4v) is 2.75. The molecule has 0 saturated carbocycles. The Balaban J connectivity index is 1.78. The largest absolute Gasteiger partial charge is 0.393 e. The van der Waals surface area contributed by atoms with E-state index in [1.807, 2.05) is 31.2 Å². The highest BCUT2D eigenvalue weighted by atomic mass is 16.3. The first-order valence-electron chi connectivity index (χ1n) is 7.58. The number of carbonyl (C=O) groups is 1. The van der Waals surface area contributed by atoms with Crippen LogP contribution >= 0.6 is 0 Å². The average molecular weight is 291 g/mol. The minimum Gasteiger partial charge on any atom is -0.393 e. The summed E-state index contributed by atoms with van der Waals surface area (Å²) in [6.45, 7) is 4.83. The number of amides is 1. The number of nitrogens with zero attached hydrogens (tertiary/aromatic N) is 1. The second-order valence-corrected chi connectivity index (χ2v) is 5.75. The highest BCUT2D eigenvalue weighted by molar-refractivity contribution is 5.91. The Bertz CT molecular complexity index is 476. The standard InChI is InChI=1S/C16H25N3O2/c1-12(20)14-6-8-19(11-14)9-7-16(21)18-15-5-3-2-4-13(15)10-17/h2-5,12,14,20H,6-11,17H2,1H3,(H,18,21). The number of anilines is 1. The number of likely N-dealkylation sites (tertiary alicyclic amines) is 1. The van der Waals surface area contributed by atoms with Gasteiger partial charge >= 0.3 is 0 Å². The molecule has 1 aliphatic rings. The second-order valence-electron chi connectivity index (χ2n) is 5.75. The molecule has 21 heavy (non-hydrogen) atoms. The van der Waals surface area contributed by atoms with Crippen molar-refractivity contribution in [1.82, 2.24) is 4.90 Å². The molecule has 5 nitrogen and oxygen atoms in total. The minimum atomic E-state index is -0.264. The van der Waals surface area contributed by atoms with E-state index in [0.29, 0.717) is 18.9 Å². The lowest BCUT2D eigenvalue weighted by Crippen LogP contribution is -2.28. The maximum atomic E-state index is 12.0. The van der Waals surface area contributed by atoms with Crippen LogP contribution < -0.4 is 11.1 Å². The lowest BCUT2D eigenvalue weighted by molar-refractivity contribution is -0.116. The van der Waals surface area contributed by atoms with Crippen molar-refractivity contribution in [2.45, 2.75) is 32.4 Å². The number of para-hydroxylation sites is 1. The molecule has 1 aromatic carbocycles. The van der Waals surface area contributed by atoms with Gasteiger partial charge in [0.15, 0.2) is 0 Å². The third-order valence-corrected chi connectivity index (χ3v) is 4.16. The molecule has 2 unspecified atom stereocenters. The molecule has 0 aliphatic carbocycles. The van der Waals surface area contributed by atoms with Crippen LogP contribution in [0.3, 0.4) is 0 Å². The maximum Gasteiger partial charge on any atom is 0.225 e. The lowest BCUT2D eigenvalue weighted by Gasteiger charge is -2.17. The monoisotopic (exact) mass is 291 g/mol. The van der Waals surface area contributed by atoms with E-state index in [9.17, 15) is 9.90 Å². The zero-order valence-corrected chi connectivity index (χ0v) is 12.6. The molecule has 2 rings (SSSR count). The van der Waals surface area contributed by atoms with Crippen molar-refractivity contribution in [2.24, 2.45) is 11.7 Å². The van der Waals surface area contributed by atoms with E-state index in [2.05, 4.69) is 10.2 Å². The molecular weight excluding hydrogens is 266 g/mol. The van der Waals surface area contributed by atoms with Gasteiger partial charge in [0, 0.05) is 31.7 Å². The van der Waals surface area contributed by atoms with E-state index >= 15 is 0 Å². The normalized spacial score (nSPS) is 20.4. The minimum absolute atomic E-state index is 0.0106. The van der Waals surface area contributed by atoms with Gasteiger partial charge in [-0.1, -0.05) is 18.2 Å². The Morgan fingerprint density at radius 2 is 2.29 bits per heavy atom. The summed E-state index contributed by atoms with van der Waals surface area (Å²) in [4.78, 5) is 14.3. The number of hydrogen-bond acceptors (Lipinski definition) is 4. The molecule has 2 atom stereocenters. The summed E-state index contributed by atoms with van der Waals surface area (Å²) < 4.78 is 0. The van der Waals surface area contributed by atoms with E-state index in [0.717, 1.165) is 37.3 Å². The van der Waals surface area contributed by atoms with Gasteiger partial charge in [0.05, 0.1) is 6.10 Å². The van der Waals surface area contributed by atoms with Crippen molar-refractivity contribution < 1.29 is 9.90 Å². The van der Waals surface area contributed by atoms with Crippen LogP contribution in [0.4, 0.5) is 5.69 Å². The summed E-state index contributed by atoms with van der Waals surface area (Å²) in [7, 11) is 0. The fourth-order valence-electron chi connectivity index (χ4n) is 2.75.